The topological polar surface area (TPSA) is 65.0 Å². The van der Waals surface area contributed by atoms with Gasteiger partial charge in [-0.1, -0.05) is 121 Å². The quantitative estimate of drug-likeness (QED) is 0.197. The second-order valence-electron chi connectivity index (χ2n) is 12.0. The summed E-state index contributed by atoms with van der Waals surface area (Å²) in [5.41, 5.74) is 8.08. The van der Waals surface area contributed by atoms with Gasteiger partial charge in [0.25, 0.3) is 0 Å². The molecule has 5 heteroatoms. The molecule has 0 aliphatic carbocycles. The highest BCUT2D eigenvalue weighted by molar-refractivity contribution is 6.21. The predicted octanol–water partition coefficient (Wildman–Crippen LogP) is 11.5. The Morgan fingerprint density at radius 1 is 0.354 bits per heavy atom. The van der Waals surface area contributed by atoms with Crippen LogP contribution >= 0.6 is 0 Å². The molecule has 48 heavy (non-hydrogen) atoms. The molecule has 3 heterocycles. The predicted molar refractivity (Wildman–Crippen MR) is 194 cm³/mol. The maximum atomic E-state index is 6.72. The van der Waals surface area contributed by atoms with Crippen molar-refractivity contribution in [2.24, 2.45) is 0 Å². The number of furan rings is 2. The van der Waals surface area contributed by atoms with Gasteiger partial charge in [0.1, 0.15) is 22.3 Å². The Morgan fingerprint density at radius 2 is 1.00 bits per heavy atom. The van der Waals surface area contributed by atoms with Crippen LogP contribution in [0.5, 0.6) is 0 Å². The molecule has 10 aromatic rings. The SMILES string of the molecule is c1ccc(-c2nc(-c3ccc4c(c3)oc3c5ccccc5cc(-c5ccccc5)c43)nc(-c3cccc4c3oc3ccccc34)n2)cc1. The fraction of sp³-hybridized carbons (Fsp3) is 0. The second kappa shape index (κ2) is 10.5. The summed E-state index contributed by atoms with van der Waals surface area (Å²) in [5.74, 6) is 1.69. The first-order chi connectivity index (χ1) is 23.8. The molecule has 0 aliphatic heterocycles. The van der Waals surface area contributed by atoms with Crippen molar-refractivity contribution in [1.82, 2.24) is 15.0 Å². The summed E-state index contributed by atoms with van der Waals surface area (Å²) in [4.78, 5) is 15.1. The van der Waals surface area contributed by atoms with Gasteiger partial charge in [-0.2, -0.15) is 0 Å². The van der Waals surface area contributed by atoms with Crippen molar-refractivity contribution in [3.8, 4) is 45.3 Å². The average molecular weight is 616 g/mol. The van der Waals surface area contributed by atoms with Gasteiger partial charge in [0, 0.05) is 38.1 Å². The third kappa shape index (κ3) is 4.15. The molecule has 0 N–H and O–H groups in total. The summed E-state index contributed by atoms with van der Waals surface area (Å²) in [6, 6.07) is 51.6. The second-order valence-corrected chi connectivity index (χ2v) is 12.0. The maximum absolute atomic E-state index is 6.72. The summed E-state index contributed by atoms with van der Waals surface area (Å²) in [6.45, 7) is 0. The first-order valence-electron chi connectivity index (χ1n) is 15.9. The average Bonchev–Trinajstić information content (AvgIpc) is 3.74. The van der Waals surface area contributed by atoms with Gasteiger partial charge in [0.15, 0.2) is 17.5 Å². The molecule has 0 bridgehead atoms. The summed E-state index contributed by atoms with van der Waals surface area (Å²) < 4.78 is 13.1. The van der Waals surface area contributed by atoms with Crippen LogP contribution in [0.2, 0.25) is 0 Å². The van der Waals surface area contributed by atoms with E-state index in [9.17, 15) is 0 Å². The lowest BCUT2D eigenvalue weighted by Crippen LogP contribution is -2.00. The largest absolute Gasteiger partial charge is 0.455 e. The molecule has 0 amide bonds. The molecule has 0 saturated carbocycles. The van der Waals surface area contributed by atoms with Crippen molar-refractivity contribution in [3.05, 3.63) is 152 Å². The molecule has 7 aromatic carbocycles. The van der Waals surface area contributed by atoms with Crippen molar-refractivity contribution in [2.75, 3.05) is 0 Å². The summed E-state index contributed by atoms with van der Waals surface area (Å²) in [7, 11) is 0. The van der Waals surface area contributed by atoms with Crippen molar-refractivity contribution in [1.29, 1.82) is 0 Å². The molecule has 3 aromatic heterocycles. The van der Waals surface area contributed by atoms with Gasteiger partial charge in [-0.25, -0.2) is 15.0 Å². The smallest absolute Gasteiger partial charge is 0.167 e. The zero-order valence-electron chi connectivity index (χ0n) is 25.6. The number of hydrogen-bond donors (Lipinski definition) is 0. The number of hydrogen-bond acceptors (Lipinski definition) is 5. The monoisotopic (exact) mass is 615 g/mol. The number of benzene rings is 7. The number of fused-ring (bicyclic) bond motifs is 8. The van der Waals surface area contributed by atoms with Crippen LogP contribution in [0.3, 0.4) is 0 Å². The lowest BCUT2D eigenvalue weighted by atomic mass is 9.95. The molecule has 0 aliphatic rings. The standard InChI is InChI=1S/C43H25N3O2/c1-3-12-26(13-4-1)35-24-28-16-7-8-17-30(28)40-38(35)33-23-22-29(25-37(33)48-40)42-44-41(27-14-5-2-6-15-27)45-43(46-42)34-20-11-19-32-31-18-9-10-21-36(31)47-39(32)34/h1-25H. The maximum Gasteiger partial charge on any atom is 0.167 e. The van der Waals surface area contributed by atoms with Gasteiger partial charge in [-0.05, 0) is 46.8 Å². The zero-order chi connectivity index (χ0) is 31.6. The Labute approximate surface area is 274 Å². The summed E-state index contributed by atoms with van der Waals surface area (Å²) >= 11 is 0. The van der Waals surface area contributed by atoms with E-state index in [0.29, 0.717) is 17.5 Å². The number of para-hydroxylation sites is 2. The van der Waals surface area contributed by atoms with E-state index in [-0.39, 0.29) is 0 Å². The van der Waals surface area contributed by atoms with Crippen LogP contribution in [-0.2, 0) is 0 Å². The molecule has 0 unspecified atom stereocenters. The van der Waals surface area contributed by atoms with Crippen LogP contribution in [0, 0.1) is 0 Å². The van der Waals surface area contributed by atoms with Crippen LogP contribution in [0.4, 0.5) is 0 Å². The van der Waals surface area contributed by atoms with E-state index >= 15 is 0 Å². The molecule has 5 nitrogen and oxygen atoms in total. The molecule has 0 spiro atoms. The Balaban J connectivity index is 1.21. The highest BCUT2D eigenvalue weighted by Gasteiger charge is 2.20. The van der Waals surface area contributed by atoms with Gasteiger partial charge in [-0.15, -0.1) is 0 Å². The van der Waals surface area contributed by atoms with Crippen LogP contribution in [0.25, 0.3) is 99.9 Å². The minimum Gasteiger partial charge on any atom is -0.455 e. The number of nitrogens with zero attached hydrogens (tertiary/aromatic N) is 3. The fourth-order valence-electron chi connectivity index (χ4n) is 6.86. The lowest BCUT2D eigenvalue weighted by Gasteiger charge is -2.09. The van der Waals surface area contributed by atoms with E-state index in [1.807, 2.05) is 66.7 Å². The first kappa shape index (κ1) is 26.6. The van der Waals surface area contributed by atoms with E-state index < -0.39 is 0 Å². The third-order valence-corrected chi connectivity index (χ3v) is 9.12. The molecular weight excluding hydrogens is 590 g/mol. The molecule has 0 radical (unpaired) electrons. The van der Waals surface area contributed by atoms with E-state index in [1.54, 1.807) is 0 Å². The summed E-state index contributed by atoms with van der Waals surface area (Å²) in [6.07, 6.45) is 0. The van der Waals surface area contributed by atoms with Crippen molar-refractivity contribution < 1.29 is 8.83 Å². The molecule has 0 saturated heterocycles. The Hall–Kier alpha value is -6.59. The number of rotatable bonds is 4. The van der Waals surface area contributed by atoms with Gasteiger partial charge >= 0.3 is 0 Å². The van der Waals surface area contributed by atoms with Crippen LogP contribution in [0.1, 0.15) is 0 Å². The number of aromatic nitrogens is 3. The Kier molecular flexibility index (Phi) is 5.81. The van der Waals surface area contributed by atoms with E-state index in [1.165, 1.54) is 0 Å². The third-order valence-electron chi connectivity index (χ3n) is 9.12. The van der Waals surface area contributed by atoms with E-state index in [2.05, 4.69) is 84.9 Å². The minimum absolute atomic E-state index is 0.547. The highest BCUT2D eigenvalue weighted by atomic mass is 16.3. The van der Waals surface area contributed by atoms with Gasteiger partial charge in [0.05, 0.1) is 5.56 Å². The molecule has 0 fully saturated rings. The van der Waals surface area contributed by atoms with Crippen molar-refractivity contribution >= 4 is 54.6 Å². The van der Waals surface area contributed by atoms with Gasteiger partial charge < -0.3 is 8.83 Å². The van der Waals surface area contributed by atoms with Crippen molar-refractivity contribution in [2.45, 2.75) is 0 Å². The van der Waals surface area contributed by atoms with E-state index in [0.717, 1.165) is 82.5 Å². The normalized spacial score (nSPS) is 11.8. The molecule has 10 rings (SSSR count). The summed E-state index contributed by atoms with van der Waals surface area (Å²) in [5, 5.41) is 6.44. The minimum atomic E-state index is 0.547. The molecule has 0 atom stereocenters. The first-order valence-corrected chi connectivity index (χ1v) is 15.9. The van der Waals surface area contributed by atoms with Crippen molar-refractivity contribution in [3.63, 3.8) is 0 Å². The Morgan fingerprint density at radius 3 is 1.83 bits per heavy atom. The van der Waals surface area contributed by atoms with Gasteiger partial charge in [0.2, 0.25) is 0 Å². The van der Waals surface area contributed by atoms with E-state index in [4.69, 9.17) is 23.8 Å². The van der Waals surface area contributed by atoms with Crippen LogP contribution in [0.15, 0.2) is 160 Å². The Bertz CT molecular complexity index is 2840. The molecule has 224 valence electrons. The van der Waals surface area contributed by atoms with Gasteiger partial charge in [-0.3, -0.25) is 0 Å². The fourth-order valence-corrected chi connectivity index (χ4v) is 6.86. The van der Waals surface area contributed by atoms with Crippen LogP contribution < -0.4 is 0 Å². The zero-order valence-corrected chi connectivity index (χ0v) is 25.6. The van der Waals surface area contributed by atoms with Crippen LogP contribution in [-0.4, -0.2) is 15.0 Å². The highest BCUT2D eigenvalue weighted by Crippen LogP contribution is 2.42. The molecular formula is C43H25N3O2. The lowest BCUT2D eigenvalue weighted by molar-refractivity contribution is 0.669.